The Labute approximate surface area is 171 Å². The molecule has 2 saturated heterocycles. The van der Waals surface area contributed by atoms with Crippen molar-refractivity contribution in [3.05, 3.63) is 53.3 Å². The Hall–Kier alpha value is -2.66. The quantitative estimate of drug-likeness (QED) is 0.714. The second-order valence-electron chi connectivity index (χ2n) is 8.90. The van der Waals surface area contributed by atoms with E-state index in [0.29, 0.717) is 17.8 Å². The number of amides is 1. The number of aromatic nitrogens is 2. The van der Waals surface area contributed by atoms with Crippen LogP contribution in [0.3, 0.4) is 0 Å². The summed E-state index contributed by atoms with van der Waals surface area (Å²) in [6, 6.07) is 10.3. The lowest BCUT2D eigenvalue weighted by atomic mass is 9.95. The molecule has 0 bridgehead atoms. The van der Waals surface area contributed by atoms with Crippen LogP contribution in [0, 0.1) is 18.8 Å². The van der Waals surface area contributed by atoms with Gasteiger partial charge < -0.3 is 15.2 Å². The number of aryl methyl sites for hydroxylation is 1. The number of carbonyl (C=O) groups excluding carboxylic acids is 1. The molecule has 2 atom stereocenters. The van der Waals surface area contributed by atoms with Crippen LogP contribution in [0.2, 0.25) is 0 Å². The van der Waals surface area contributed by atoms with Gasteiger partial charge in [0.05, 0.1) is 5.69 Å². The van der Waals surface area contributed by atoms with Gasteiger partial charge in [-0.1, -0.05) is 13.8 Å². The molecule has 2 aliphatic heterocycles. The van der Waals surface area contributed by atoms with Gasteiger partial charge in [-0.25, -0.2) is 0 Å². The van der Waals surface area contributed by atoms with Gasteiger partial charge in [0.1, 0.15) is 0 Å². The van der Waals surface area contributed by atoms with Crippen LogP contribution in [0.5, 0.6) is 0 Å². The van der Waals surface area contributed by atoms with Gasteiger partial charge in [0.2, 0.25) is 0 Å². The van der Waals surface area contributed by atoms with Crippen molar-refractivity contribution in [2.24, 2.45) is 11.8 Å². The van der Waals surface area contributed by atoms with Gasteiger partial charge in [0.25, 0.3) is 5.91 Å². The van der Waals surface area contributed by atoms with E-state index in [1.54, 1.807) is 0 Å². The van der Waals surface area contributed by atoms with E-state index in [1.807, 2.05) is 30.2 Å². The Bertz CT molecular complexity index is 1070. The first-order chi connectivity index (χ1) is 14.0. The molecule has 0 radical (unpaired) electrons. The lowest BCUT2D eigenvalue weighted by Crippen LogP contribution is -2.31. The standard InChI is InChI=1S/C24H28N4O/c1-14(2)22-20-9-17(24(29)28-12-18-10-25-11-19(18)13-28)4-5-21(20)27-23(22)16-6-7-26-15(3)8-16/h4-9,14,18-19,25,27H,10-13H2,1-3H3. The molecule has 150 valence electrons. The zero-order valence-electron chi connectivity index (χ0n) is 17.3. The molecule has 29 heavy (non-hydrogen) atoms. The summed E-state index contributed by atoms with van der Waals surface area (Å²) in [6.07, 6.45) is 1.86. The predicted octanol–water partition coefficient (Wildman–Crippen LogP) is 3.95. The van der Waals surface area contributed by atoms with Crippen molar-refractivity contribution < 1.29 is 4.79 Å². The van der Waals surface area contributed by atoms with Crippen LogP contribution in [0.25, 0.3) is 22.2 Å². The SMILES string of the molecule is Cc1cc(-c2[nH]c3ccc(C(=O)N4CC5CNCC5C4)cc3c2C(C)C)ccn1. The summed E-state index contributed by atoms with van der Waals surface area (Å²) in [4.78, 5) is 23.2. The lowest BCUT2D eigenvalue weighted by molar-refractivity contribution is 0.0782. The van der Waals surface area contributed by atoms with Crippen LogP contribution >= 0.6 is 0 Å². The Morgan fingerprint density at radius 3 is 2.59 bits per heavy atom. The van der Waals surface area contributed by atoms with Crippen molar-refractivity contribution in [1.82, 2.24) is 20.2 Å². The van der Waals surface area contributed by atoms with E-state index >= 15 is 0 Å². The molecule has 1 amide bonds. The summed E-state index contributed by atoms with van der Waals surface area (Å²) in [5.41, 5.74) is 6.42. The molecule has 1 aromatic carbocycles. The number of pyridine rings is 1. The number of fused-ring (bicyclic) bond motifs is 2. The van der Waals surface area contributed by atoms with Gasteiger partial charge in [-0.05, 0) is 60.6 Å². The number of benzene rings is 1. The largest absolute Gasteiger partial charge is 0.354 e. The van der Waals surface area contributed by atoms with Crippen molar-refractivity contribution in [2.45, 2.75) is 26.7 Å². The number of hydrogen-bond acceptors (Lipinski definition) is 3. The number of H-pyrrole nitrogens is 1. The number of nitrogens with zero attached hydrogens (tertiary/aromatic N) is 2. The number of carbonyl (C=O) groups is 1. The fraction of sp³-hybridized carbons (Fsp3) is 0.417. The molecule has 5 rings (SSSR count). The minimum atomic E-state index is 0.165. The van der Waals surface area contributed by atoms with E-state index in [9.17, 15) is 4.79 Å². The van der Waals surface area contributed by atoms with Crippen LogP contribution < -0.4 is 5.32 Å². The summed E-state index contributed by atoms with van der Waals surface area (Å²) in [6.45, 7) is 10.3. The zero-order chi connectivity index (χ0) is 20.1. The highest BCUT2D eigenvalue weighted by Gasteiger charge is 2.38. The highest BCUT2D eigenvalue weighted by Crippen LogP contribution is 2.36. The van der Waals surface area contributed by atoms with E-state index in [1.165, 1.54) is 5.56 Å². The second-order valence-corrected chi connectivity index (χ2v) is 8.90. The number of hydrogen-bond donors (Lipinski definition) is 2. The molecular weight excluding hydrogens is 360 g/mol. The maximum absolute atomic E-state index is 13.2. The van der Waals surface area contributed by atoms with Crippen molar-refractivity contribution in [2.75, 3.05) is 26.2 Å². The first-order valence-electron chi connectivity index (χ1n) is 10.6. The second kappa shape index (κ2) is 6.99. The highest BCUT2D eigenvalue weighted by atomic mass is 16.2. The first kappa shape index (κ1) is 18.4. The minimum Gasteiger partial charge on any atom is -0.354 e. The van der Waals surface area contributed by atoms with Gasteiger partial charge in [0, 0.05) is 60.1 Å². The van der Waals surface area contributed by atoms with Crippen LogP contribution in [0.15, 0.2) is 36.5 Å². The number of nitrogens with one attached hydrogen (secondary N) is 2. The fourth-order valence-corrected chi connectivity index (χ4v) is 5.08. The molecule has 3 aromatic rings. The Balaban J connectivity index is 1.54. The third kappa shape index (κ3) is 3.14. The summed E-state index contributed by atoms with van der Waals surface area (Å²) >= 11 is 0. The van der Waals surface area contributed by atoms with Crippen molar-refractivity contribution in [3.63, 3.8) is 0 Å². The van der Waals surface area contributed by atoms with Crippen LogP contribution in [-0.4, -0.2) is 47.0 Å². The minimum absolute atomic E-state index is 0.165. The third-order valence-corrected chi connectivity index (χ3v) is 6.53. The summed E-state index contributed by atoms with van der Waals surface area (Å²) < 4.78 is 0. The number of likely N-dealkylation sites (tertiary alicyclic amines) is 1. The molecule has 0 aliphatic carbocycles. The van der Waals surface area contributed by atoms with Crippen molar-refractivity contribution in [3.8, 4) is 11.3 Å². The maximum atomic E-state index is 13.2. The molecule has 2 aliphatic rings. The van der Waals surface area contributed by atoms with Gasteiger partial charge in [-0.2, -0.15) is 0 Å². The molecule has 2 fully saturated rings. The smallest absolute Gasteiger partial charge is 0.253 e. The molecule has 0 spiro atoms. The molecular formula is C24H28N4O. The molecule has 0 saturated carbocycles. The van der Waals surface area contributed by atoms with Gasteiger partial charge in [0.15, 0.2) is 0 Å². The lowest BCUT2D eigenvalue weighted by Gasteiger charge is -2.18. The molecule has 2 N–H and O–H groups in total. The topological polar surface area (TPSA) is 61.0 Å². The fourth-order valence-electron chi connectivity index (χ4n) is 5.08. The van der Waals surface area contributed by atoms with E-state index in [0.717, 1.165) is 59.6 Å². The summed E-state index contributed by atoms with van der Waals surface area (Å²) in [5.74, 6) is 1.73. The Morgan fingerprint density at radius 2 is 1.90 bits per heavy atom. The number of rotatable bonds is 3. The predicted molar refractivity (Wildman–Crippen MR) is 116 cm³/mol. The molecule has 5 nitrogen and oxygen atoms in total. The molecule has 4 heterocycles. The monoisotopic (exact) mass is 388 g/mol. The van der Waals surface area contributed by atoms with Crippen molar-refractivity contribution >= 4 is 16.8 Å². The maximum Gasteiger partial charge on any atom is 0.253 e. The molecule has 2 aromatic heterocycles. The highest BCUT2D eigenvalue weighted by molar-refractivity contribution is 6.00. The van der Waals surface area contributed by atoms with Gasteiger partial charge in [-0.3, -0.25) is 9.78 Å². The van der Waals surface area contributed by atoms with Crippen LogP contribution in [0.4, 0.5) is 0 Å². The van der Waals surface area contributed by atoms with Gasteiger partial charge in [-0.15, -0.1) is 0 Å². The Morgan fingerprint density at radius 1 is 1.14 bits per heavy atom. The zero-order valence-corrected chi connectivity index (χ0v) is 17.3. The molecule has 2 unspecified atom stereocenters. The normalized spacial score (nSPS) is 21.3. The third-order valence-electron chi connectivity index (χ3n) is 6.53. The van der Waals surface area contributed by atoms with E-state index in [-0.39, 0.29) is 5.91 Å². The van der Waals surface area contributed by atoms with Crippen LogP contribution in [0.1, 0.15) is 41.4 Å². The molecule has 5 heteroatoms. The summed E-state index contributed by atoms with van der Waals surface area (Å²) in [5, 5.41) is 4.59. The van der Waals surface area contributed by atoms with Gasteiger partial charge >= 0.3 is 0 Å². The van der Waals surface area contributed by atoms with E-state index in [2.05, 4.69) is 47.3 Å². The average molecular weight is 389 g/mol. The van der Waals surface area contributed by atoms with E-state index < -0.39 is 0 Å². The average Bonchev–Trinajstić information content (AvgIpc) is 3.39. The summed E-state index contributed by atoms with van der Waals surface area (Å²) in [7, 11) is 0. The van der Waals surface area contributed by atoms with Crippen molar-refractivity contribution in [1.29, 1.82) is 0 Å². The first-order valence-corrected chi connectivity index (χ1v) is 10.6. The number of aromatic amines is 1. The van der Waals surface area contributed by atoms with Crippen LogP contribution in [-0.2, 0) is 0 Å². The Kier molecular flexibility index (Phi) is 4.43. The van der Waals surface area contributed by atoms with E-state index in [4.69, 9.17) is 0 Å².